The van der Waals surface area contributed by atoms with Crippen LogP contribution in [0.15, 0.2) is 58.4 Å². The topological polar surface area (TPSA) is 52.9 Å². The predicted octanol–water partition coefficient (Wildman–Crippen LogP) is 3.77. The SMILES string of the molecule is CN1C(=O)/C(=C/c2ccc(F)cc2)SC1=Nc1cccc(O)c1. The summed E-state index contributed by atoms with van der Waals surface area (Å²) in [4.78, 5) is 18.6. The van der Waals surface area contributed by atoms with Crippen LogP contribution < -0.4 is 0 Å². The van der Waals surface area contributed by atoms with Crippen LogP contribution in [-0.2, 0) is 4.79 Å². The van der Waals surface area contributed by atoms with Gasteiger partial charge < -0.3 is 5.11 Å². The number of halogens is 1. The van der Waals surface area contributed by atoms with E-state index < -0.39 is 0 Å². The molecule has 0 bridgehead atoms. The number of amidine groups is 1. The zero-order chi connectivity index (χ0) is 16.4. The Morgan fingerprint density at radius 2 is 1.96 bits per heavy atom. The van der Waals surface area contributed by atoms with Crippen molar-refractivity contribution in [1.29, 1.82) is 0 Å². The van der Waals surface area contributed by atoms with E-state index in [1.54, 1.807) is 43.5 Å². The Morgan fingerprint density at radius 1 is 1.22 bits per heavy atom. The molecule has 1 aliphatic rings. The van der Waals surface area contributed by atoms with Gasteiger partial charge in [0.05, 0.1) is 10.6 Å². The first-order valence-electron chi connectivity index (χ1n) is 6.84. The zero-order valence-corrected chi connectivity index (χ0v) is 13.0. The Labute approximate surface area is 137 Å². The van der Waals surface area contributed by atoms with Crippen molar-refractivity contribution in [2.45, 2.75) is 0 Å². The monoisotopic (exact) mass is 328 g/mol. The molecule has 1 fully saturated rings. The quantitative estimate of drug-likeness (QED) is 0.854. The van der Waals surface area contributed by atoms with E-state index in [0.717, 1.165) is 5.56 Å². The van der Waals surface area contributed by atoms with Gasteiger partial charge in [0, 0.05) is 13.1 Å². The number of benzene rings is 2. The normalized spacial score (nSPS) is 18.2. The van der Waals surface area contributed by atoms with Crippen LogP contribution in [0.4, 0.5) is 10.1 Å². The van der Waals surface area contributed by atoms with E-state index in [4.69, 9.17) is 0 Å². The molecule has 0 spiro atoms. The Morgan fingerprint density at radius 3 is 2.65 bits per heavy atom. The lowest BCUT2D eigenvalue weighted by Crippen LogP contribution is -2.23. The largest absolute Gasteiger partial charge is 0.508 e. The van der Waals surface area contributed by atoms with Crippen molar-refractivity contribution in [2.24, 2.45) is 4.99 Å². The van der Waals surface area contributed by atoms with Gasteiger partial charge in [-0.1, -0.05) is 18.2 Å². The van der Waals surface area contributed by atoms with Crippen molar-refractivity contribution in [1.82, 2.24) is 4.90 Å². The summed E-state index contributed by atoms with van der Waals surface area (Å²) in [6.45, 7) is 0. The van der Waals surface area contributed by atoms with E-state index in [1.165, 1.54) is 34.9 Å². The molecule has 0 aliphatic carbocycles. The number of amides is 1. The van der Waals surface area contributed by atoms with Crippen LogP contribution in [0.25, 0.3) is 6.08 Å². The van der Waals surface area contributed by atoms with E-state index in [0.29, 0.717) is 15.8 Å². The molecule has 1 aliphatic heterocycles. The van der Waals surface area contributed by atoms with Gasteiger partial charge in [-0.15, -0.1) is 0 Å². The molecule has 0 atom stereocenters. The van der Waals surface area contributed by atoms with E-state index in [2.05, 4.69) is 4.99 Å². The third-order valence-electron chi connectivity index (χ3n) is 3.23. The Balaban J connectivity index is 1.89. The van der Waals surface area contributed by atoms with Crippen molar-refractivity contribution >= 4 is 34.6 Å². The van der Waals surface area contributed by atoms with E-state index in [1.807, 2.05) is 0 Å². The molecular weight excluding hydrogens is 315 g/mol. The number of carbonyl (C=O) groups excluding carboxylic acids is 1. The zero-order valence-electron chi connectivity index (χ0n) is 12.2. The highest BCUT2D eigenvalue weighted by Gasteiger charge is 2.30. The molecule has 1 amide bonds. The number of thioether (sulfide) groups is 1. The van der Waals surface area contributed by atoms with Crippen LogP contribution in [-0.4, -0.2) is 28.1 Å². The van der Waals surface area contributed by atoms with Gasteiger partial charge in [0.1, 0.15) is 11.6 Å². The van der Waals surface area contributed by atoms with Crippen LogP contribution in [0, 0.1) is 5.82 Å². The fourth-order valence-electron chi connectivity index (χ4n) is 2.04. The number of aliphatic imine (C=N–C) groups is 1. The van der Waals surface area contributed by atoms with Gasteiger partial charge in [-0.05, 0) is 47.7 Å². The maximum atomic E-state index is 12.9. The van der Waals surface area contributed by atoms with Crippen molar-refractivity contribution in [3.63, 3.8) is 0 Å². The molecule has 4 nitrogen and oxygen atoms in total. The molecule has 6 heteroatoms. The highest BCUT2D eigenvalue weighted by molar-refractivity contribution is 8.18. The summed E-state index contributed by atoms with van der Waals surface area (Å²) in [5.74, 6) is -0.370. The molecule has 0 radical (unpaired) electrons. The summed E-state index contributed by atoms with van der Waals surface area (Å²) in [6.07, 6.45) is 1.70. The lowest BCUT2D eigenvalue weighted by Gasteiger charge is -2.07. The smallest absolute Gasteiger partial charge is 0.266 e. The molecule has 116 valence electrons. The average Bonchev–Trinajstić information content (AvgIpc) is 2.78. The second kappa shape index (κ2) is 6.26. The van der Waals surface area contributed by atoms with Gasteiger partial charge in [0.2, 0.25) is 0 Å². The highest BCUT2D eigenvalue weighted by atomic mass is 32.2. The third-order valence-corrected chi connectivity index (χ3v) is 4.29. The summed E-state index contributed by atoms with van der Waals surface area (Å²) in [7, 11) is 1.64. The predicted molar refractivity (Wildman–Crippen MR) is 89.9 cm³/mol. The summed E-state index contributed by atoms with van der Waals surface area (Å²) in [6, 6.07) is 12.4. The standard InChI is InChI=1S/C17H13FN2O2S/c1-20-16(22)15(9-11-5-7-12(18)8-6-11)23-17(20)19-13-3-2-4-14(21)10-13/h2-10,21H,1H3/b15-9-,19-17?. The van der Waals surface area contributed by atoms with Crippen LogP contribution >= 0.6 is 11.8 Å². The van der Waals surface area contributed by atoms with Crippen molar-refractivity contribution in [2.75, 3.05) is 7.05 Å². The van der Waals surface area contributed by atoms with E-state index in [-0.39, 0.29) is 17.5 Å². The van der Waals surface area contributed by atoms with Gasteiger partial charge in [-0.25, -0.2) is 9.38 Å². The first-order valence-corrected chi connectivity index (χ1v) is 7.65. The summed E-state index contributed by atoms with van der Waals surface area (Å²) < 4.78 is 12.9. The molecule has 1 saturated heterocycles. The van der Waals surface area contributed by atoms with Crippen molar-refractivity contribution < 1.29 is 14.3 Å². The second-order valence-corrected chi connectivity index (χ2v) is 5.95. The minimum Gasteiger partial charge on any atom is -0.508 e. The van der Waals surface area contributed by atoms with Crippen LogP contribution in [0.3, 0.4) is 0 Å². The molecule has 0 aromatic heterocycles. The molecular formula is C17H13FN2O2S. The first kappa shape index (κ1) is 15.3. The summed E-state index contributed by atoms with van der Waals surface area (Å²) >= 11 is 1.24. The second-order valence-electron chi connectivity index (χ2n) is 4.94. The van der Waals surface area contributed by atoms with Gasteiger partial charge in [0.25, 0.3) is 5.91 Å². The van der Waals surface area contributed by atoms with Crippen LogP contribution in [0.1, 0.15) is 5.56 Å². The number of likely N-dealkylation sites (N-methyl/N-ethyl adjacent to an activating group) is 1. The number of hydrogen-bond donors (Lipinski definition) is 1. The van der Waals surface area contributed by atoms with Gasteiger partial charge in [-0.2, -0.15) is 0 Å². The molecule has 1 N–H and O–H groups in total. The lowest BCUT2D eigenvalue weighted by molar-refractivity contribution is -0.121. The summed E-state index contributed by atoms with van der Waals surface area (Å²) in [5.41, 5.74) is 1.31. The minimum atomic E-state index is -0.319. The fourth-order valence-corrected chi connectivity index (χ4v) is 3.02. The molecule has 3 rings (SSSR count). The molecule has 1 heterocycles. The van der Waals surface area contributed by atoms with Crippen molar-refractivity contribution in [3.05, 3.63) is 64.8 Å². The average molecular weight is 328 g/mol. The minimum absolute atomic E-state index is 0.117. The van der Waals surface area contributed by atoms with E-state index in [9.17, 15) is 14.3 Å². The lowest BCUT2D eigenvalue weighted by atomic mass is 10.2. The molecule has 2 aromatic rings. The first-order chi connectivity index (χ1) is 11.0. The van der Waals surface area contributed by atoms with Crippen LogP contribution in [0.2, 0.25) is 0 Å². The number of phenols is 1. The molecule has 23 heavy (non-hydrogen) atoms. The molecule has 2 aromatic carbocycles. The maximum absolute atomic E-state index is 12.9. The number of rotatable bonds is 2. The number of phenolic OH excluding ortho intramolecular Hbond substituents is 1. The third kappa shape index (κ3) is 3.43. The highest BCUT2D eigenvalue weighted by Crippen LogP contribution is 2.33. The number of carbonyl (C=O) groups is 1. The van der Waals surface area contributed by atoms with Gasteiger partial charge >= 0.3 is 0 Å². The van der Waals surface area contributed by atoms with Gasteiger partial charge in [-0.3, -0.25) is 9.69 Å². The molecule has 0 unspecified atom stereocenters. The summed E-state index contributed by atoms with van der Waals surface area (Å²) in [5, 5.41) is 10.00. The number of hydrogen-bond acceptors (Lipinski definition) is 4. The van der Waals surface area contributed by atoms with Crippen molar-refractivity contribution in [3.8, 4) is 5.75 Å². The van der Waals surface area contributed by atoms with Gasteiger partial charge in [0.15, 0.2) is 5.17 Å². The van der Waals surface area contributed by atoms with Crippen LogP contribution in [0.5, 0.6) is 5.75 Å². The maximum Gasteiger partial charge on any atom is 0.266 e. The number of aromatic hydroxyl groups is 1. The number of nitrogens with zero attached hydrogens (tertiary/aromatic N) is 2. The Bertz CT molecular complexity index is 816. The fraction of sp³-hybridized carbons (Fsp3) is 0.0588. The van der Waals surface area contributed by atoms with E-state index >= 15 is 0 Å². The Hall–Kier alpha value is -2.60. The molecule has 0 saturated carbocycles. The Kier molecular flexibility index (Phi) is 4.16.